The maximum Gasteiger partial charge on any atom is 0.325 e. The summed E-state index contributed by atoms with van der Waals surface area (Å²) >= 11 is 1.33. The maximum atomic E-state index is 12.5. The molecule has 0 saturated carbocycles. The SMILES string of the molecule is C=CCNC(=O)NC(=O)CN1C(=O)NC(C)(c2cccs2)C1=O. The van der Waals surface area contributed by atoms with Gasteiger partial charge in [-0.1, -0.05) is 12.1 Å². The first kappa shape index (κ1) is 16.7. The lowest BCUT2D eigenvalue weighted by molar-refractivity contribution is -0.134. The van der Waals surface area contributed by atoms with Crippen molar-refractivity contribution in [3.63, 3.8) is 0 Å². The van der Waals surface area contributed by atoms with E-state index in [-0.39, 0.29) is 6.54 Å². The van der Waals surface area contributed by atoms with Crippen molar-refractivity contribution < 1.29 is 19.2 Å². The van der Waals surface area contributed by atoms with Gasteiger partial charge in [-0.05, 0) is 18.4 Å². The summed E-state index contributed by atoms with van der Waals surface area (Å²) in [5, 5.41) is 8.77. The molecule has 1 aromatic heterocycles. The molecule has 6 amide bonds. The van der Waals surface area contributed by atoms with Gasteiger partial charge in [0.25, 0.3) is 5.91 Å². The van der Waals surface area contributed by atoms with Crippen LogP contribution in [0.4, 0.5) is 9.59 Å². The normalized spacial score (nSPS) is 20.1. The molecule has 2 rings (SSSR count). The van der Waals surface area contributed by atoms with Gasteiger partial charge in [-0.25, -0.2) is 9.59 Å². The minimum absolute atomic E-state index is 0.193. The number of nitrogens with zero attached hydrogens (tertiary/aromatic N) is 1. The average molecular weight is 336 g/mol. The fraction of sp³-hybridized carbons (Fsp3) is 0.286. The molecule has 23 heavy (non-hydrogen) atoms. The molecule has 122 valence electrons. The molecule has 1 saturated heterocycles. The van der Waals surface area contributed by atoms with Crippen molar-refractivity contribution in [1.82, 2.24) is 20.9 Å². The van der Waals surface area contributed by atoms with Crippen molar-refractivity contribution in [2.24, 2.45) is 0 Å². The van der Waals surface area contributed by atoms with Gasteiger partial charge in [-0.2, -0.15) is 0 Å². The highest BCUT2D eigenvalue weighted by Crippen LogP contribution is 2.31. The van der Waals surface area contributed by atoms with Crippen LogP contribution in [0.3, 0.4) is 0 Å². The van der Waals surface area contributed by atoms with Crippen LogP contribution in [0.2, 0.25) is 0 Å². The highest BCUT2D eigenvalue weighted by atomic mass is 32.1. The second kappa shape index (κ2) is 6.61. The Morgan fingerprint density at radius 2 is 2.22 bits per heavy atom. The number of nitrogens with one attached hydrogen (secondary N) is 3. The van der Waals surface area contributed by atoms with E-state index >= 15 is 0 Å². The third-order valence-corrected chi connectivity index (χ3v) is 4.34. The summed E-state index contributed by atoms with van der Waals surface area (Å²) < 4.78 is 0. The molecule has 0 radical (unpaired) electrons. The maximum absolute atomic E-state index is 12.5. The van der Waals surface area contributed by atoms with Gasteiger partial charge >= 0.3 is 12.1 Å². The fourth-order valence-electron chi connectivity index (χ4n) is 2.09. The van der Waals surface area contributed by atoms with E-state index in [1.54, 1.807) is 24.4 Å². The Morgan fingerprint density at radius 3 is 2.83 bits per heavy atom. The number of rotatable bonds is 5. The number of imide groups is 2. The van der Waals surface area contributed by atoms with Gasteiger partial charge < -0.3 is 10.6 Å². The molecule has 1 aliphatic heterocycles. The summed E-state index contributed by atoms with van der Waals surface area (Å²) in [5.74, 6) is -1.29. The molecule has 9 heteroatoms. The molecule has 1 unspecified atom stereocenters. The number of carbonyl (C=O) groups is 4. The molecular weight excluding hydrogens is 320 g/mol. The van der Waals surface area contributed by atoms with Crippen molar-refractivity contribution in [2.75, 3.05) is 13.1 Å². The lowest BCUT2D eigenvalue weighted by Gasteiger charge is -2.19. The highest BCUT2D eigenvalue weighted by Gasteiger charge is 2.50. The van der Waals surface area contributed by atoms with Crippen molar-refractivity contribution in [2.45, 2.75) is 12.5 Å². The van der Waals surface area contributed by atoms with Crippen LogP contribution in [-0.2, 0) is 15.1 Å². The Hall–Kier alpha value is -2.68. The molecule has 0 spiro atoms. The standard InChI is InChI=1S/C14H16N4O4S/c1-3-6-15-12(21)16-10(19)8-18-11(20)14(2,17-13(18)22)9-5-4-7-23-9/h3-5,7H,1,6,8H2,2H3,(H,17,22)(H2,15,16,19,21). The largest absolute Gasteiger partial charge is 0.334 e. The molecule has 1 atom stereocenters. The van der Waals surface area contributed by atoms with Gasteiger partial charge in [0.05, 0.1) is 0 Å². The van der Waals surface area contributed by atoms with Crippen LogP contribution in [0.5, 0.6) is 0 Å². The molecule has 3 N–H and O–H groups in total. The molecule has 0 aliphatic carbocycles. The van der Waals surface area contributed by atoms with Gasteiger partial charge in [0.1, 0.15) is 6.54 Å². The molecule has 1 aromatic rings. The van der Waals surface area contributed by atoms with E-state index in [4.69, 9.17) is 0 Å². The van der Waals surface area contributed by atoms with Crippen LogP contribution in [0.1, 0.15) is 11.8 Å². The van der Waals surface area contributed by atoms with Gasteiger partial charge in [0.2, 0.25) is 5.91 Å². The molecule has 8 nitrogen and oxygen atoms in total. The second-order valence-electron chi connectivity index (χ2n) is 4.97. The first-order valence-electron chi connectivity index (χ1n) is 6.75. The first-order valence-corrected chi connectivity index (χ1v) is 7.63. The number of amides is 6. The van der Waals surface area contributed by atoms with Crippen LogP contribution in [0, 0.1) is 0 Å². The van der Waals surface area contributed by atoms with Crippen LogP contribution in [0.25, 0.3) is 0 Å². The molecular formula is C14H16N4O4S. The van der Waals surface area contributed by atoms with E-state index in [9.17, 15) is 19.2 Å². The summed E-state index contributed by atoms with van der Waals surface area (Å²) in [4.78, 5) is 49.1. The lowest BCUT2D eigenvalue weighted by atomic mass is 10.0. The Morgan fingerprint density at radius 1 is 1.48 bits per heavy atom. The van der Waals surface area contributed by atoms with E-state index in [1.165, 1.54) is 17.4 Å². The van der Waals surface area contributed by atoms with Crippen LogP contribution in [0.15, 0.2) is 30.2 Å². The van der Waals surface area contributed by atoms with Crippen LogP contribution < -0.4 is 16.0 Å². The summed E-state index contributed by atoms with van der Waals surface area (Å²) in [6.07, 6.45) is 1.45. The van der Waals surface area contributed by atoms with E-state index in [2.05, 4.69) is 17.2 Å². The van der Waals surface area contributed by atoms with Gasteiger partial charge in [-0.3, -0.25) is 19.8 Å². The number of urea groups is 2. The summed E-state index contributed by atoms with van der Waals surface area (Å²) in [7, 11) is 0. The molecule has 2 heterocycles. The van der Waals surface area contributed by atoms with Crippen LogP contribution in [-0.4, -0.2) is 41.9 Å². The van der Waals surface area contributed by atoms with Crippen molar-refractivity contribution >= 4 is 35.2 Å². The summed E-state index contributed by atoms with van der Waals surface area (Å²) in [5.41, 5.74) is -1.20. The van der Waals surface area contributed by atoms with Crippen molar-refractivity contribution in [3.05, 3.63) is 35.0 Å². The summed E-state index contributed by atoms with van der Waals surface area (Å²) in [6, 6.07) is 2.11. The first-order chi connectivity index (χ1) is 10.9. The molecule has 0 bridgehead atoms. The second-order valence-corrected chi connectivity index (χ2v) is 5.92. The minimum atomic E-state index is -1.20. The quantitative estimate of drug-likeness (QED) is 0.538. The van der Waals surface area contributed by atoms with Crippen molar-refractivity contribution in [3.8, 4) is 0 Å². The van der Waals surface area contributed by atoms with Gasteiger partial charge in [-0.15, -0.1) is 17.9 Å². The van der Waals surface area contributed by atoms with Crippen molar-refractivity contribution in [1.29, 1.82) is 0 Å². The molecule has 0 aromatic carbocycles. The Labute approximate surface area is 136 Å². The zero-order chi connectivity index (χ0) is 17.0. The van der Waals surface area contributed by atoms with Gasteiger partial charge in [0, 0.05) is 11.4 Å². The Balaban J connectivity index is 2.02. The third kappa shape index (κ3) is 3.39. The van der Waals surface area contributed by atoms with E-state index in [0.29, 0.717) is 4.88 Å². The molecule has 1 fully saturated rings. The zero-order valence-electron chi connectivity index (χ0n) is 12.4. The highest BCUT2D eigenvalue weighted by molar-refractivity contribution is 7.10. The Bertz CT molecular complexity index is 658. The van der Waals surface area contributed by atoms with Gasteiger partial charge in [0.15, 0.2) is 5.54 Å². The third-order valence-electron chi connectivity index (χ3n) is 3.25. The lowest BCUT2D eigenvalue weighted by Crippen LogP contribution is -2.46. The number of thiophene rings is 1. The van der Waals surface area contributed by atoms with Crippen LogP contribution >= 0.6 is 11.3 Å². The zero-order valence-corrected chi connectivity index (χ0v) is 13.2. The fourth-order valence-corrected chi connectivity index (χ4v) is 2.92. The monoisotopic (exact) mass is 336 g/mol. The molecule has 1 aliphatic rings. The van der Waals surface area contributed by atoms with E-state index in [1.807, 2.05) is 5.32 Å². The average Bonchev–Trinajstić information content (AvgIpc) is 3.10. The summed E-state index contributed by atoms with van der Waals surface area (Å²) in [6.45, 7) is 4.66. The van der Waals surface area contributed by atoms with E-state index in [0.717, 1.165) is 4.90 Å². The predicted molar refractivity (Wildman–Crippen MR) is 83.7 cm³/mol. The number of hydrogen-bond donors (Lipinski definition) is 3. The van der Waals surface area contributed by atoms with E-state index < -0.39 is 36.0 Å². The number of carbonyl (C=O) groups excluding carboxylic acids is 4. The Kier molecular flexibility index (Phi) is 4.80. The number of hydrogen-bond acceptors (Lipinski definition) is 5. The topological polar surface area (TPSA) is 108 Å². The predicted octanol–water partition coefficient (Wildman–Crippen LogP) is 0.527. The minimum Gasteiger partial charge on any atom is -0.334 e. The smallest absolute Gasteiger partial charge is 0.325 e.